The van der Waals surface area contributed by atoms with Crippen LogP contribution in [-0.2, 0) is 20.2 Å². The molecule has 1 saturated heterocycles. The first kappa shape index (κ1) is 22.3. The number of esters is 1. The molecule has 1 heterocycles. The number of nitrogens with one attached hydrogen (secondary N) is 1. The van der Waals surface area contributed by atoms with Gasteiger partial charge in [-0.05, 0) is 35.9 Å². The molecule has 0 saturated carbocycles. The van der Waals surface area contributed by atoms with Crippen molar-refractivity contribution in [2.24, 2.45) is 0 Å². The summed E-state index contributed by atoms with van der Waals surface area (Å²) < 4.78 is 34.2. The van der Waals surface area contributed by atoms with Gasteiger partial charge in [0.05, 0.1) is 13.7 Å². The molecule has 2 aromatic rings. The molecule has 2 amide bonds. The Hall–Kier alpha value is -2.94. The van der Waals surface area contributed by atoms with E-state index in [4.69, 9.17) is 4.74 Å². The molecule has 1 fully saturated rings. The largest absolute Gasteiger partial charge is 0.467 e. The van der Waals surface area contributed by atoms with Crippen LogP contribution in [0.1, 0.15) is 27.9 Å². The van der Waals surface area contributed by atoms with Gasteiger partial charge in [0.1, 0.15) is 6.04 Å². The molecular formula is C23H22F2N2O4S. The fourth-order valence-corrected chi connectivity index (χ4v) is 4.97. The molecule has 0 unspecified atom stereocenters. The van der Waals surface area contributed by atoms with E-state index in [2.05, 4.69) is 5.32 Å². The van der Waals surface area contributed by atoms with Crippen LogP contribution in [0.15, 0.2) is 42.5 Å². The molecule has 2 atom stereocenters. The lowest BCUT2D eigenvalue weighted by atomic mass is 10.0. The van der Waals surface area contributed by atoms with Crippen LogP contribution in [0.5, 0.6) is 0 Å². The summed E-state index contributed by atoms with van der Waals surface area (Å²) in [5.41, 5.74) is 0.635. The van der Waals surface area contributed by atoms with Gasteiger partial charge >= 0.3 is 5.97 Å². The maximum atomic E-state index is 14.7. The molecule has 4 rings (SSSR count). The molecule has 1 aliphatic heterocycles. The summed E-state index contributed by atoms with van der Waals surface area (Å²) in [6.07, 6.45) is 2.40. The number of carbonyl (C=O) groups is 3. The van der Waals surface area contributed by atoms with Crippen LogP contribution < -0.4 is 5.32 Å². The van der Waals surface area contributed by atoms with Crippen LogP contribution in [0.25, 0.3) is 11.1 Å². The van der Waals surface area contributed by atoms with Gasteiger partial charge < -0.3 is 15.0 Å². The van der Waals surface area contributed by atoms with Crippen molar-refractivity contribution in [2.45, 2.75) is 23.6 Å². The Morgan fingerprint density at radius 3 is 2.59 bits per heavy atom. The number of methoxy groups -OCH3 is 1. The lowest BCUT2D eigenvalue weighted by Gasteiger charge is -2.22. The van der Waals surface area contributed by atoms with E-state index in [1.165, 1.54) is 36.3 Å². The van der Waals surface area contributed by atoms with Crippen LogP contribution in [0.4, 0.5) is 8.78 Å². The number of amides is 2. The fraction of sp³-hybridized carbons (Fsp3) is 0.348. The van der Waals surface area contributed by atoms with Crippen LogP contribution in [0.2, 0.25) is 0 Å². The Morgan fingerprint density at radius 2 is 1.88 bits per heavy atom. The first-order valence-electron chi connectivity index (χ1n) is 10.1. The highest BCUT2D eigenvalue weighted by molar-refractivity contribution is 7.99. The molecule has 0 bridgehead atoms. The van der Waals surface area contributed by atoms with Gasteiger partial charge in [-0.1, -0.05) is 30.3 Å². The van der Waals surface area contributed by atoms with Crippen molar-refractivity contribution in [3.63, 3.8) is 0 Å². The Bertz CT molecular complexity index is 1090. The monoisotopic (exact) mass is 460 g/mol. The molecule has 1 N–H and O–H groups in total. The maximum Gasteiger partial charge on any atom is 0.328 e. The summed E-state index contributed by atoms with van der Waals surface area (Å²) in [6, 6.07) is 9.53. The van der Waals surface area contributed by atoms with Crippen molar-refractivity contribution >= 4 is 29.5 Å². The minimum atomic E-state index is -3.12. The van der Waals surface area contributed by atoms with Gasteiger partial charge in [-0.15, -0.1) is 0 Å². The number of alkyl halides is 2. The summed E-state index contributed by atoms with van der Waals surface area (Å²) in [5.74, 6) is -4.56. The highest BCUT2D eigenvalue weighted by atomic mass is 32.2. The van der Waals surface area contributed by atoms with Crippen LogP contribution in [0, 0.1) is 0 Å². The van der Waals surface area contributed by atoms with Crippen molar-refractivity contribution in [1.29, 1.82) is 0 Å². The standard InChI is InChI=1S/C23H22F2N2O4S/c1-31-22(30)19-10-14(32-2)12-27(19)20(28)11-26-21(29)13-7-8-18-16(9-13)15-5-3-4-6-17(15)23(18,24)25/h3-9,14,19H,10-12H2,1-2H3,(H,26,29)/t14-,19+/m1/s1. The van der Waals surface area contributed by atoms with Gasteiger partial charge in [-0.3, -0.25) is 9.59 Å². The van der Waals surface area contributed by atoms with E-state index in [1.807, 2.05) is 6.26 Å². The van der Waals surface area contributed by atoms with Gasteiger partial charge in [0.15, 0.2) is 0 Å². The normalized spacial score (nSPS) is 20.4. The SMILES string of the molecule is COC(=O)[C@@H]1C[C@@H](SC)CN1C(=O)CNC(=O)c1ccc2c(c1)-c1ccccc1C2(F)F. The average molecular weight is 461 g/mol. The number of hydrogen-bond donors (Lipinski definition) is 1. The van der Waals surface area contributed by atoms with E-state index in [1.54, 1.807) is 30.0 Å². The Labute approximate surface area is 188 Å². The van der Waals surface area contributed by atoms with Gasteiger partial charge in [-0.25, -0.2) is 4.79 Å². The van der Waals surface area contributed by atoms with Crippen molar-refractivity contribution in [3.05, 3.63) is 59.2 Å². The molecule has 6 nitrogen and oxygen atoms in total. The molecule has 0 aromatic heterocycles. The van der Waals surface area contributed by atoms with E-state index in [0.29, 0.717) is 24.1 Å². The lowest BCUT2D eigenvalue weighted by molar-refractivity contribution is -0.150. The number of halogens is 2. The fourth-order valence-electron chi connectivity index (χ4n) is 4.28. The average Bonchev–Trinajstić information content (AvgIpc) is 3.34. The minimum absolute atomic E-state index is 0.0889. The molecular weight excluding hydrogens is 438 g/mol. The Morgan fingerprint density at radius 1 is 1.16 bits per heavy atom. The second-order valence-electron chi connectivity index (χ2n) is 7.74. The van der Waals surface area contributed by atoms with Gasteiger partial charge in [-0.2, -0.15) is 20.5 Å². The van der Waals surface area contributed by atoms with E-state index in [-0.39, 0.29) is 28.5 Å². The summed E-state index contributed by atoms with van der Waals surface area (Å²) in [4.78, 5) is 38.8. The maximum absolute atomic E-state index is 14.7. The van der Waals surface area contributed by atoms with Crippen molar-refractivity contribution in [2.75, 3.05) is 26.5 Å². The smallest absolute Gasteiger partial charge is 0.328 e. The third kappa shape index (κ3) is 3.74. The number of carbonyl (C=O) groups excluding carboxylic acids is 3. The molecule has 1 aliphatic carbocycles. The number of thioether (sulfide) groups is 1. The van der Waals surface area contributed by atoms with E-state index in [9.17, 15) is 23.2 Å². The number of benzene rings is 2. The number of likely N-dealkylation sites (tertiary alicyclic amines) is 1. The first-order valence-corrected chi connectivity index (χ1v) is 11.4. The molecule has 9 heteroatoms. The molecule has 0 spiro atoms. The van der Waals surface area contributed by atoms with Crippen molar-refractivity contribution < 1.29 is 27.9 Å². The lowest BCUT2D eigenvalue weighted by Crippen LogP contribution is -2.46. The van der Waals surface area contributed by atoms with Gasteiger partial charge in [0, 0.05) is 28.5 Å². The highest BCUT2D eigenvalue weighted by Gasteiger charge is 2.44. The summed E-state index contributed by atoms with van der Waals surface area (Å²) in [7, 11) is 1.27. The summed E-state index contributed by atoms with van der Waals surface area (Å²) >= 11 is 1.56. The summed E-state index contributed by atoms with van der Waals surface area (Å²) in [6.45, 7) is 0.0810. The van der Waals surface area contributed by atoms with E-state index in [0.717, 1.165) is 0 Å². The third-order valence-corrected chi connectivity index (χ3v) is 6.97. The molecule has 2 aromatic carbocycles. The van der Waals surface area contributed by atoms with Crippen molar-refractivity contribution in [1.82, 2.24) is 10.2 Å². The first-order chi connectivity index (χ1) is 15.3. The second kappa shape index (κ2) is 8.54. The van der Waals surface area contributed by atoms with Gasteiger partial charge in [0.2, 0.25) is 5.91 Å². The predicted octanol–water partition coefficient (Wildman–Crippen LogP) is 3.04. The topological polar surface area (TPSA) is 75.7 Å². The van der Waals surface area contributed by atoms with Crippen LogP contribution in [0.3, 0.4) is 0 Å². The summed E-state index contributed by atoms with van der Waals surface area (Å²) in [5, 5.41) is 2.65. The zero-order valence-electron chi connectivity index (χ0n) is 17.6. The number of rotatable bonds is 5. The van der Waals surface area contributed by atoms with Crippen LogP contribution >= 0.6 is 11.8 Å². The number of fused-ring (bicyclic) bond motifs is 3. The zero-order chi connectivity index (χ0) is 23.0. The van der Waals surface area contributed by atoms with Crippen LogP contribution in [-0.4, -0.2) is 60.4 Å². The molecule has 32 heavy (non-hydrogen) atoms. The number of hydrogen-bond acceptors (Lipinski definition) is 5. The minimum Gasteiger partial charge on any atom is -0.467 e. The van der Waals surface area contributed by atoms with E-state index >= 15 is 0 Å². The molecule has 2 aliphatic rings. The quantitative estimate of drug-likeness (QED) is 0.695. The van der Waals surface area contributed by atoms with Gasteiger partial charge in [0.25, 0.3) is 11.8 Å². The second-order valence-corrected chi connectivity index (χ2v) is 8.88. The number of nitrogens with zero attached hydrogens (tertiary/aromatic N) is 1. The number of ether oxygens (including phenoxy) is 1. The zero-order valence-corrected chi connectivity index (χ0v) is 18.4. The Balaban J connectivity index is 1.48. The van der Waals surface area contributed by atoms with Crippen molar-refractivity contribution in [3.8, 4) is 11.1 Å². The predicted molar refractivity (Wildman–Crippen MR) is 117 cm³/mol. The molecule has 0 radical (unpaired) electrons. The van der Waals surface area contributed by atoms with E-state index < -0.39 is 29.7 Å². The third-order valence-electron chi connectivity index (χ3n) is 5.97. The molecule has 168 valence electrons. The highest BCUT2D eigenvalue weighted by Crippen LogP contribution is 2.50. The Kier molecular flexibility index (Phi) is 5.94.